The molecule has 2 aromatic carbocycles. The standard InChI is InChI=1S/C27H23N2O.C13H24O2.Ir/c1-27(2,3)24-14-21(13-18-7-5-6-8-22(18)24)25-15-19(9-11-29(25)4)23-17-28-16-20-10-12-30-26(20)23;1-5-10(6-2)12(14)9-13(15)11(7-3)8-4;/h5-12,14-17H,4H2,1-3H3;9-11,14H,5-8H2,1-4H3;/q-1;;/b;12-9-;. The van der Waals surface area contributed by atoms with Gasteiger partial charge in [0.1, 0.15) is 11.3 Å². The van der Waals surface area contributed by atoms with Gasteiger partial charge in [0.15, 0.2) is 5.78 Å². The van der Waals surface area contributed by atoms with Crippen molar-refractivity contribution in [3.05, 3.63) is 104 Å². The first kappa shape index (κ1) is 36.7. The monoisotopic (exact) mass is 796 g/mol. The molecule has 0 amide bonds. The molecule has 0 aliphatic carbocycles. The molecule has 3 heterocycles. The number of benzene rings is 2. The molecule has 0 unspecified atom stereocenters. The van der Waals surface area contributed by atoms with Crippen molar-refractivity contribution < 1.29 is 39.0 Å². The minimum atomic E-state index is 0. The van der Waals surface area contributed by atoms with Crippen LogP contribution in [0.25, 0.3) is 44.1 Å². The first-order valence-electron chi connectivity index (χ1n) is 16.1. The summed E-state index contributed by atoms with van der Waals surface area (Å²) in [5, 5.41) is 13.1. The second-order valence-corrected chi connectivity index (χ2v) is 12.7. The Morgan fingerprint density at radius 2 is 1.67 bits per heavy atom. The van der Waals surface area contributed by atoms with Crippen molar-refractivity contribution in [2.75, 3.05) is 0 Å². The SMILES string of the molecule is CCC(CC)C(=O)/C=C(\O)C(CC)CC.[CH2-][n+]1ccc(-c2cncc3ccoc23)cc1-c1[c-]c2ccccc2c(C(C)(C)C)c1.[Ir]. The predicted octanol–water partition coefficient (Wildman–Crippen LogP) is 10.2. The van der Waals surface area contributed by atoms with Crippen molar-refractivity contribution in [1.29, 1.82) is 0 Å². The van der Waals surface area contributed by atoms with Crippen molar-refractivity contribution in [3.63, 3.8) is 0 Å². The Bertz CT molecular complexity index is 1790. The molecule has 1 N–H and O–H groups in total. The summed E-state index contributed by atoms with van der Waals surface area (Å²) in [6.07, 6.45) is 12.3. The van der Waals surface area contributed by atoms with Gasteiger partial charge in [0.05, 0.1) is 18.2 Å². The fourth-order valence-electron chi connectivity index (χ4n) is 5.79. The third-order valence-electron chi connectivity index (χ3n) is 8.65. The number of hydrogen-bond acceptors (Lipinski definition) is 4. The minimum Gasteiger partial charge on any atom is -0.512 e. The minimum absolute atomic E-state index is 0. The van der Waals surface area contributed by atoms with E-state index in [1.54, 1.807) is 6.26 Å². The number of rotatable bonds is 9. The third-order valence-corrected chi connectivity index (χ3v) is 8.65. The van der Waals surface area contributed by atoms with Crippen molar-refractivity contribution >= 4 is 27.5 Å². The Balaban J connectivity index is 0.000000309. The number of nitrogens with zero attached hydrogens (tertiary/aromatic N) is 2. The van der Waals surface area contributed by atoms with Crippen LogP contribution in [0.5, 0.6) is 0 Å². The molecule has 5 rings (SSSR count). The Morgan fingerprint density at radius 3 is 2.33 bits per heavy atom. The van der Waals surface area contributed by atoms with Gasteiger partial charge in [-0.2, -0.15) is 0 Å². The summed E-state index contributed by atoms with van der Waals surface area (Å²) in [6.45, 7) is 14.8. The molecular formula is C40H47IrN2O3-. The number of fused-ring (bicyclic) bond motifs is 2. The maximum atomic E-state index is 11.7. The molecule has 0 fully saturated rings. The molecule has 6 heteroatoms. The topological polar surface area (TPSA) is 67.2 Å². The molecule has 1 radical (unpaired) electrons. The van der Waals surface area contributed by atoms with E-state index in [1.807, 2.05) is 63.0 Å². The van der Waals surface area contributed by atoms with E-state index in [1.165, 1.54) is 17.0 Å². The molecular weight excluding hydrogens is 749 g/mol. The Hall–Kier alpha value is -3.73. The van der Waals surface area contributed by atoms with Crippen LogP contribution < -0.4 is 4.57 Å². The second kappa shape index (κ2) is 16.2. The normalized spacial score (nSPS) is 11.9. The Kier molecular flexibility index (Phi) is 12.9. The molecule has 5 aromatic rings. The number of aliphatic hydroxyl groups is 1. The number of hydrogen-bond donors (Lipinski definition) is 1. The largest absolute Gasteiger partial charge is 0.512 e. The molecule has 0 spiro atoms. The summed E-state index contributed by atoms with van der Waals surface area (Å²) >= 11 is 0. The Labute approximate surface area is 288 Å². The number of aliphatic hydroxyl groups excluding tert-OH is 1. The molecule has 3 aromatic heterocycles. The van der Waals surface area contributed by atoms with E-state index < -0.39 is 0 Å². The molecule has 46 heavy (non-hydrogen) atoms. The molecule has 0 atom stereocenters. The van der Waals surface area contributed by atoms with E-state index in [9.17, 15) is 9.90 Å². The average molecular weight is 796 g/mol. The number of furan rings is 1. The maximum absolute atomic E-state index is 11.7. The average Bonchev–Trinajstić information content (AvgIpc) is 3.51. The number of pyridine rings is 2. The predicted molar refractivity (Wildman–Crippen MR) is 185 cm³/mol. The van der Waals surface area contributed by atoms with Gasteiger partial charge in [-0.05, 0) is 54.9 Å². The molecule has 0 saturated carbocycles. The number of aromatic nitrogens is 2. The molecule has 0 aliphatic rings. The van der Waals surface area contributed by atoms with Gasteiger partial charge in [0.2, 0.25) is 0 Å². The van der Waals surface area contributed by atoms with Crippen molar-refractivity contribution in [1.82, 2.24) is 4.98 Å². The summed E-state index contributed by atoms with van der Waals surface area (Å²) < 4.78 is 7.63. The van der Waals surface area contributed by atoms with Gasteiger partial charge in [-0.1, -0.05) is 77.6 Å². The van der Waals surface area contributed by atoms with E-state index in [4.69, 9.17) is 4.42 Å². The van der Waals surface area contributed by atoms with Gasteiger partial charge < -0.3 is 14.1 Å². The maximum Gasteiger partial charge on any atom is 0.162 e. The Morgan fingerprint density at radius 1 is 1.00 bits per heavy atom. The van der Waals surface area contributed by atoms with E-state index in [2.05, 4.69) is 75.3 Å². The zero-order chi connectivity index (χ0) is 32.7. The first-order valence-corrected chi connectivity index (χ1v) is 16.1. The van der Waals surface area contributed by atoms with Crippen LogP contribution in [0, 0.1) is 24.9 Å². The molecule has 0 saturated heterocycles. The van der Waals surface area contributed by atoms with Crippen LogP contribution in [0.2, 0.25) is 0 Å². The molecule has 0 bridgehead atoms. The van der Waals surface area contributed by atoms with Gasteiger partial charge in [0, 0.05) is 68.4 Å². The zero-order valence-corrected chi connectivity index (χ0v) is 30.6. The van der Waals surface area contributed by atoms with Gasteiger partial charge >= 0.3 is 0 Å². The fraction of sp³-hybridized carbons (Fsp3) is 0.350. The number of ketones is 1. The van der Waals surface area contributed by atoms with Crippen LogP contribution in [-0.2, 0) is 30.3 Å². The summed E-state index contributed by atoms with van der Waals surface area (Å²) in [6, 6.07) is 20.4. The van der Waals surface area contributed by atoms with Gasteiger partial charge in [-0.15, -0.1) is 29.1 Å². The summed E-state index contributed by atoms with van der Waals surface area (Å²) in [5.74, 6) is 0.547. The van der Waals surface area contributed by atoms with Crippen molar-refractivity contribution in [2.24, 2.45) is 11.8 Å². The number of allylic oxidation sites excluding steroid dienone is 2. The summed E-state index contributed by atoms with van der Waals surface area (Å²) in [5.41, 5.74) is 6.18. The van der Waals surface area contributed by atoms with Gasteiger partial charge in [-0.3, -0.25) is 9.78 Å². The number of carbonyl (C=O) groups excluding carboxylic acids is 1. The van der Waals surface area contributed by atoms with Crippen molar-refractivity contribution in [3.8, 4) is 22.4 Å². The van der Waals surface area contributed by atoms with Gasteiger partial charge in [0.25, 0.3) is 0 Å². The summed E-state index contributed by atoms with van der Waals surface area (Å²) in [4.78, 5) is 16.1. The van der Waals surface area contributed by atoms with Crippen LogP contribution in [0.3, 0.4) is 0 Å². The van der Waals surface area contributed by atoms with Crippen LogP contribution in [0.4, 0.5) is 0 Å². The first-order chi connectivity index (χ1) is 21.5. The van der Waals surface area contributed by atoms with E-state index >= 15 is 0 Å². The van der Waals surface area contributed by atoms with E-state index in [0.717, 1.165) is 64.4 Å². The van der Waals surface area contributed by atoms with Crippen LogP contribution in [0.15, 0.2) is 89.6 Å². The second-order valence-electron chi connectivity index (χ2n) is 12.7. The van der Waals surface area contributed by atoms with Crippen LogP contribution >= 0.6 is 0 Å². The van der Waals surface area contributed by atoms with Crippen LogP contribution in [0.1, 0.15) is 79.7 Å². The quantitative estimate of drug-likeness (QED) is 0.0699. The molecule has 5 nitrogen and oxygen atoms in total. The zero-order valence-electron chi connectivity index (χ0n) is 28.2. The molecule has 245 valence electrons. The number of carbonyl (C=O) groups is 1. The molecule has 0 aliphatic heterocycles. The van der Waals surface area contributed by atoms with Crippen molar-refractivity contribution in [2.45, 2.75) is 79.6 Å². The van der Waals surface area contributed by atoms with Crippen LogP contribution in [-0.4, -0.2) is 15.9 Å². The summed E-state index contributed by atoms with van der Waals surface area (Å²) in [7, 11) is 4.21. The van der Waals surface area contributed by atoms with Gasteiger partial charge in [-0.25, -0.2) is 0 Å². The third kappa shape index (κ3) is 8.34. The van der Waals surface area contributed by atoms with E-state index in [-0.39, 0.29) is 48.9 Å². The fourth-order valence-corrected chi connectivity index (χ4v) is 5.79. The van der Waals surface area contributed by atoms with E-state index in [0.29, 0.717) is 0 Å². The smallest absolute Gasteiger partial charge is 0.162 e.